The van der Waals surface area contributed by atoms with Crippen molar-refractivity contribution in [1.82, 2.24) is 0 Å². The fraction of sp³-hybridized carbons (Fsp3) is 0.750. The molecule has 2 atom stereocenters. The first-order valence-corrected chi connectivity index (χ1v) is 5.46. The lowest BCUT2D eigenvalue weighted by Gasteiger charge is -2.06. The van der Waals surface area contributed by atoms with E-state index in [2.05, 4.69) is 0 Å². The van der Waals surface area contributed by atoms with Gasteiger partial charge in [0.15, 0.2) is 0 Å². The predicted octanol–water partition coefficient (Wildman–Crippen LogP) is 1.75. The first kappa shape index (κ1) is 10.8. The molecule has 0 aromatic carbocycles. The minimum absolute atomic E-state index is 0.00873. The summed E-state index contributed by atoms with van der Waals surface area (Å²) >= 11 is 6.19. The van der Waals surface area contributed by atoms with Gasteiger partial charge in [-0.05, 0) is 26.1 Å². The van der Waals surface area contributed by atoms with Gasteiger partial charge < -0.3 is 9.47 Å². The van der Waals surface area contributed by atoms with E-state index in [-0.39, 0.29) is 17.3 Å². The van der Waals surface area contributed by atoms with Gasteiger partial charge in [-0.2, -0.15) is 0 Å². The number of rotatable bonds is 2. The highest BCUT2D eigenvalue weighted by Crippen LogP contribution is 2.27. The van der Waals surface area contributed by atoms with E-state index >= 15 is 0 Å². The van der Waals surface area contributed by atoms with Gasteiger partial charge in [-0.15, -0.1) is 0 Å². The third-order valence-corrected chi connectivity index (χ3v) is 3.01. The first-order valence-electron chi connectivity index (χ1n) is 4.17. The van der Waals surface area contributed by atoms with Crippen LogP contribution in [0, 0.1) is 0 Å². The van der Waals surface area contributed by atoms with Crippen molar-refractivity contribution in [2.24, 2.45) is 0 Å². The zero-order chi connectivity index (χ0) is 9.84. The minimum atomic E-state index is -0.181. The molecule has 2 unspecified atom stereocenters. The van der Waals surface area contributed by atoms with Crippen LogP contribution >= 0.6 is 24.0 Å². The number of thioether (sulfide) groups is 1. The predicted molar refractivity (Wildman–Crippen MR) is 55.8 cm³/mol. The van der Waals surface area contributed by atoms with Crippen LogP contribution in [-0.4, -0.2) is 28.3 Å². The van der Waals surface area contributed by atoms with Crippen molar-refractivity contribution in [1.29, 1.82) is 0 Å². The number of carbonyl (C=O) groups is 1. The van der Waals surface area contributed by atoms with Gasteiger partial charge in [0.05, 0.1) is 6.61 Å². The summed E-state index contributed by atoms with van der Waals surface area (Å²) in [5, 5.41) is -0.172. The Hall–Kier alpha value is -0.290. The van der Waals surface area contributed by atoms with Gasteiger partial charge in [0.25, 0.3) is 0 Å². The Labute approximate surface area is 87.2 Å². The van der Waals surface area contributed by atoms with E-state index in [1.807, 2.05) is 13.8 Å². The van der Waals surface area contributed by atoms with Crippen molar-refractivity contribution in [2.75, 3.05) is 6.61 Å². The van der Waals surface area contributed by atoms with E-state index in [1.54, 1.807) is 0 Å². The average Bonchev–Trinajstić information content (AvgIpc) is 2.30. The molecular formula is C8H12O3S2. The van der Waals surface area contributed by atoms with Gasteiger partial charge in [0.2, 0.25) is 4.38 Å². The standard InChI is InChI=1S/C8H12O3S2/c1-3-10-8(12)13-6-4-5(2)11-7(6)9/h5-6H,3-4H2,1-2H3. The number of ether oxygens (including phenoxy) is 2. The van der Waals surface area contributed by atoms with Crippen LogP contribution in [0.4, 0.5) is 0 Å². The molecule has 0 aliphatic carbocycles. The van der Waals surface area contributed by atoms with Crippen molar-refractivity contribution in [3.8, 4) is 0 Å². The van der Waals surface area contributed by atoms with E-state index in [9.17, 15) is 4.79 Å². The highest BCUT2D eigenvalue weighted by Gasteiger charge is 2.33. The second-order valence-corrected chi connectivity index (χ2v) is 4.58. The lowest BCUT2D eigenvalue weighted by molar-refractivity contribution is -0.140. The maximum Gasteiger partial charge on any atom is 0.319 e. The molecule has 0 N–H and O–H groups in total. The molecule has 1 fully saturated rings. The second-order valence-electron chi connectivity index (χ2n) is 2.77. The zero-order valence-electron chi connectivity index (χ0n) is 7.61. The van der Waals surface area contributed by atoms with Crippen LogP contribution < -0.4 is 0 Å². The molecule has 5 heteroatoms. The zero-order valence-corrected chi connectivity index (χ0v) is 9.24. The van der Waals surface area contributed by atoms with Gasteiger partial charge in [-0.1, -0.05) is 11.8 Å². The molecule has 0 bridgehead atoms. The second kappa shape index (κ2) is 4.81. The van der Waals surface area contributed by atoms with Crippen molar-refractivity contribution in [2.45, 2.75) is 31.6 Å². The summed E-state index contributed by atoms with van der Waals surface area (Å²) in [4.78, 5) is 11.2. The third-order valence-electron chi connectivity index (χ3n) is 1.63. The number of carbonyl (C=O) groups excluding carboxylic acids is 1. The fourth-order valence-electron chi connectivity index (χ4n) is 1.08. The van der Waals surface area contributed by atoms with Crippen LogP contribution in [-0.2, 0) is 14.3 Å². The van der Waals surface area contributed by atoms with Crippen LogP contribution in [0.25, 0.3) is 0 Å². The number of hydrogen-bond acceptors (Lipinski definition) is 5. The number of cyclic esters (lactones) is 1. The van der Waals surface area contributed by atoms with Crippen molar-refractivity contribution < 1.29 is 14.3 Å². The summed E-state index contributed by atoms with van der Waals surface area (Å²) in [7, 11) is 0. The highest BCUT2D eigenvalue weighted by molar-refractivity contribution is 8.23. The molecule has 74 valence electrons. The van der Waals surface area contributed by atoms with E-state index < -0.39 is 0 Å². The first-order chi connectivity index (χ1) is 6.13. The van der Waals surface area contributed by atoms with Crippen molar-refractivity contribution >= 4 is 34.3 Å². The number of hydrogen-bond donors (Lipinski definition) is 0. The molecule has 0 aromatic heterocycles. The molecule has 1 aliphatic rings. The van der Waals surface area contributed by atoms with Crippen molar-refractivity contribution in [3.63, 3.8) is 0 Å². The topological polar surface area (TPSA) is 35.5 Å². The molecular weight excluding hydrogens is 208 g/mol. The van der Waals surface area contributed by atoms with Gasteiger partial charge in [-0.3, -0.25) is 4.79 Å². The maximum absolute atomic E-state index is 11.2. The molecule has 1 saturated heterocycles. The summed E-state index contributed by atoms with van der Waals surface area (Å²) < 4.78 is 10.5. The van der Waals surface area contributed by atoms with E-state index in [1.165, 1.54) is 11.8 Å². The Morgan fingerprint density at radius 1 is 1.85 bits per heavy atom. The Morgan fingerprint density at radius 3 is 3.00 bits per heavy atom. The smallest absolute Gasteiger partial charge is 0.319 e. The molecule has 1 rings (SSSR count). The van der Waals surface area contributed by atoms with Crippen LogP contribution in [0.1, 0.15) is 20.3 Å². The average molecular weight is 220 g/mol. The Bertz CT molecular complexity index is 217. The largest absolute Gasteiger partial charge is 0.479 e. The molecule has 13 heavy (non-hydrogen) atoms. The quantitative estimate of drug-likeness (QED) is 0.523. The molecule has 1 heterocycles. The van der Waals surface area contributed by atoms with Gasteiger partial charge in [0, 0.05) is 6.42 Å². The SMILES string of the molecule is CCOC(=S)SC1CC(C)OC1=O. The Balaban J connectivity index is 2.37. The normalized spacial score (nSPS) is 27.1. The Morgan fingerprint density at radius 2 is 2.54 bits per heavy atom. The summed E-state index contributed by atoms with van der Waals surface area (Å²) in [6.45, 7) is 4.29. The highest BCUT2D eigenvalue weighted by atomic mass is 32.2. The summed E-state index contributed by atoms with van der Waals surface area (Å²) in [5.74, 6) is -0.181. The van der Waals surface area contributed by atoms with Crippen LogP contribution in [0.5, 0.6) is 0 Å². The number of esters is 1. The van der Waals surface area contributed by atoms with Gasteiger partial charge >= 0.3 is 5.97 Å². The summed E-state index contributed by atoms with van der Waals surface area (Å²) in [5.41, 5.74) is 0. The fourth-order valence-corrected chi connectivity index (χ4v) is 2.49. The van der Waals surface area contributed by atoms with E-state index in [0.29, 0.717) is 11.0 Å². The van der Waals surface area contributed by atoms with E-state index in [0.717, 1.165) is 6.42 Å². The van der Waals surface area contributed by atoms with Crippen LogP contribution in [0.15, 0.2) is 0 Å². The number of thiocarbonyl (C=S) groups is 1. The molecule has 0 saturated carbocycles. The molecule has 1 aliphatic heterocycles. The molecule has 3 nitrogen and oxygen atoms in total. The van der Waals surface area contributed by atoms with Gasteiger partial charge in [-0.25, -0.2) is 0 Å². The maximum atomic E-state index is 11.2. The van der Waals surface area contributed by atoms with Crippen LogP contribution in [0.3, 0.4) is 0 Å². The van der Waals surface area contributed by atoms with E-state index in [4.69, 9.17) is 21.7 Å². The summed E-state index contributed by atoms with van der Waals surface area (Å²) in [6, 6.07) is 0. The molecule has 0 aromatic rings. The molecule has 0 amide bonds. The monoisotopic (exact) mass is 220 g/mol. The van der Waals surface area contributed by atoms with Crippen LogP contribution in [0.2, 0.25) is 0 Å². The third kappa shape index (κ3) is 3.15. The molecule has 0 radical (unpaired) electrons. The minimum Gasteiger partial charge on any atom is -0.479 e. The summed E-state index contributed by atoms with van der Waals surface area (Å²) in [6.07, 6.45) is 0.728. The molecule has 0 spiro atoms. The van der Waals surface area contributed by atoms with Crippen molar-refractivity contribution in [3.05, 3.63) is 0 Å². The lowest BCUT2D eigenvalue weighted by Crippen LogP contribution is -2.13. The van der Waals surface area contributed by atoms with Gasteiger partial charge in [0.1, 0.15) is 11.4 Å². The Kier molecular flexibility index (Phi) is 3.99. The lowest BCUT2D eigenvalue weighted by atomic mass is 10.3.